The number of aryl methyl sites for hydroxylation is 2. The zero-order chi connectivity index (χ0) is 19.1. The molecule has 0 saturated heterocycles. The summed E-state index contributed by atoms with van der Waals surface area (Å²) in [5.74, 6) is -0.154. The van der Waals surface area contributed by atoms with Crippen LogP contribution in [0, 0.1) is 13.8 Å². The first kappa shape index (κ1) is 20.0. The Labute approximate surface area is 158 Å². The number of benzene rings is 1. The number of carbonyl (C=O) groups excluding carboxylic acids is 2. The Kier molecular flexibility index (Phi) is 7.26. The highest BCUT2D eigenvalue weighted by molar-refractivity contribution is 7.99. The predicted octanol–water partition coefficient (Wildman–Crippen LogP) is 2.61. The molecule has 0 aliphatic rings. The quantitative estimate of drug-likeness (QED) is 0.697. The van der Waals surface area contributed by atoms with Crippen LogP contribution in [0.15, 0.2) is 35.7 Å². The molecule has 2 rings (SSSR count). The third-order valence-electron chi connectivity index (χ3n) is 3.74. The maximum atomic E-state index is 12.1. The highest BCUT2D eigenvalue weighted by Crippen LogP contribution is 2.22. The van der Waals surface area contributed by atoms with Crippen LogP contribution in [0.3, 0.4) is 0 Å². The molecule has 0 saturated carbocycles. The molecule has 1 atom stereocenters. The van der Waals surface area contributed by atoms with Crippen LogP contribution in [-0.2, 0) is 9.59 Å². The molecule has 1 aromatic heterocycles. The lowest BCUT2D eigenvalue weighted by molar-refractivity contribution is -0.127. The molecule has 0 aliphatic heterocycles. The molecule has 1 aromatic carbocycles. The molecule has 0 radical (unpaired) electrons. The summed E-state index contributed by atoms with van der Waals surface area (Å²) in [6.45, 7) is 8.39. The van der Waals surface area contributed by atoms with Gasteiger partial charge in [-0.25, -0.2) is 4.98 Å². The zero-order valence-electron chi connectivity index (χ0n) is 15.7. The summed E-state index contributed by atoms with van der Waals surface area (Å²) in [6.07, 6.45) is 4.47. The van der Waals surface area contributed by atoms with Gasteiger partial charge in [0.05, 0.1) is 5.75 Å². The van der Waals surface area contributed by atoms with Gasteiger partial charge in [0.15, 0.2) is 5.16 Å². The topological polar surface area (TPSA) is 76.0 Å². The normalized spacial score (nSPS) is 11.8. The molecule has 26 heavy (non-hydrogen) atoms. The number of rotatable bonds is 8. The Morgan fingerprint density at radius 1 is 1.23 bits per heavy atom. The van der Waals surface area contributed by atoms with Crippen LogP contribution in [0.25, 0.3) is 5.69 Å². The third kappa shape index (κ3) is 5.62. The van der Waals surface area contributed by atoms with Gasteiger partial charge in [0.1, 0.15) is 6.04 Å². The van der Waals surface area contributed by atoms with Crippen molar-refractivity contribution in [3.8, 4) is 5.69 Å². The van der Waals surface area contributed by atoms with E-state index >= 15 is 0 Å². The van der Waals surface area contributed by atoms with Gasteiger partial charge in [0.25, 0.3) is 0 Å². The van der Waals surface area contributed by atoms with Gasteiger partial charge in [0.2, 0.25) is 11.8 Å². The van der Waals surface area contributed by atoms with Crippen LogP contribution >= 0.6 is 11.8 Å². The number of hydrogen-bond acceptors (Lipinski definition) is 4. The van der Waals surface area contributed by atoms with E-state index in [4.69, 9.17) is 0 Å². The Morgan fingerprint density at radius 3 is 2.58 bits per heavy atom. The highest BCUT2D eigenvalue weighted by Gasteiger charge is 2.16. The molecule has 6 nitrogen and oxygen atoms in total. The highest BCUT2D eigenvalue weighted by atomic mass is 32.2. The molecule has 0 fully saturated rings. The Bertz CT molecular complexity index is 752. The van der Waals surface area contributed by atoms with Gasteiger partial charge in [-0.15, -0.1) is 0 Å². The standard InChI is InChI=1S/C19H26N4O2S/c1-5-6-20-18(25)15(4)22-17(24)12-26-19-21-7-8-23(19)16-10-13(2)9-14(3)11-16/h7-11,15H,5-6,12H2,1-4H3,(H,20,25)(H,22,24). The van der Waals surface area contributed by atoms with Crippen LogP contribution in [0.4, 0.5) is 0 Å². The van der Waals surface area contributed by atoms with E-state index < -0.39 is 6.04 Å². The van der Waals surface area contributed by atoms with E-state index in [9.17, 15) is 9.59 Å². The monoisotopic (exact) mass is 374 g/mol. The molecule has 0 bridgehead atoms. The Hall–Kier alpha value is -2.28. The van der Waals surface area contributed by atoms with Crippen molar-refractivity contribution in [2.24, 2.45) is 0 Å². The molecular weight excluding hydrogens is 348 g/mol. The molecule has 1 heterocycles. The molecule has 0 spiro atoms. The molecule has 140 valence electrons. The molecule has 1 unspecified atom stereocenters. The fourth-order valence-corrected chi connectivity index (χ4v) is 3.35. The van der Waals surface area contributed by atoms with Gasteiger partial charge >= 0.3 is 0 Å². The SMILES string of the molecule is CCCNC(=O)C(C)NC(=O)CSc1nccn1-c1cc(C)cc(C)c1. The zero-order valence-corrected chi connectivity index (χ0v) is 16.5. The molecule has 2 N–H and O–H groups in total. The fraction of sp³-hybridized carbons (Fsp3) is 0.421. The first-order valence-electron chi connectivity index (χ1n) is 8.72. The van der Waals surface area contributed by atoms with Crippen molar-refractivity contribution in [3.63, 3.8) is 0 Å². The minimum atomic E-state index is -0.547. The second kappa shape index (κ2) is 9.43. The van der Waals surface area contributed by atoms with Crippen molar-refractivity contribution in [2.75, 3.05) is 12.3 Å². The van der Waals surface area contributed by atoms with E-state index in [0.717, 1.165) is 17.3 Å². The molecule has 7 heteroatoms. The minimum absolute atomic E-state index is 0.165. The Morgan fingerprint density at radius 2 is 1.92 bits per heavy atom. The number of thioether (sulfide) groups is 1. The van der Waals surface area contributed by atoms with E-state index in [2.05, 4.69) is 47.7 Å². The number of imidazole rings is 1. The molecule has 0 aliphatic carbocycles. The van der Waals surface area contributed by atoms with Crippen molar-refractivity contribution in [1.82, 2.24) is 20.2 Å². The first-order chi connectivity index (χ1) is 12.4. The number of nitrogens with zero attached hydrogens (tertiary/aromatic N) is 2. The van der Waals surface area contributed by atoms with Crippen molar-refractivity contribution >= 4 is 23.6 Å². The average Bonchev–Trinajstić information content (AvgIpc) is 3.05. The summed E-state index contributed by atoms with van der Waals surface area (Å²) in [4.78, 5) is 28.3. The molecule has 2 aromatic rings. The van der Waals surface area contributed by atoms with Gasteiger partial charge in [-0.3, -0.25) is 14.2 Å². The van der Waals surface area contributed by atoms with Crippen molar-refractivity contribution in [3.05, 3.63) is 41.7 Å². The first-order valence-corrected chi connectivity index (χ1v) is 9.71. The summed E-state index contributed by atoms with van der Waals surface area (Å²) in [6, 6.07) is 5.73. The summed E-state index contributed by atoms with van der Waals surface area (Å²) in [7, 11) is 0. The summed E-state index contributed by atoms with van der Waals surface area (Å²) < 4.78 is 1.97. The second-order valence-corrected chi connectivity index (χ2v) is 7.24. The van der Waals surface area contributed by atoms with E-state index in [1.807, 2.05) is 17.7 Å². The van der Waals surface area contributed by atoms with Crippen LogP contribution in [0.2, 0.25) is 0 Å². The average molecular weight is 375 g/mol. The number of carbonyl (C=O) groups is 2. The van der Waals surface area contributed by atoms with Gasteiger partial charge < -0.3 is 10.6 Å². The fourth-order valence-electron chi connectivity index (χ4n) is 2.56. The lowest BCUT2D eigenvalue weighted by Crippen LogP contribution is -2.45. The van der Waals surface area contributed by atoms with Gasteiger partial charge in [0, 0.05) is 24.6 Å². The largest absolute Gasteiger partial charge is 0.354 e. The third-order valence-corrected chi connectivity index (χ3v) is 4.71. The van der Waals surface area contributed by atoms with E-state index in [1.54, 1.807) is 13.1 Å². The van der Waals surface area contributed by atoms with E-state index in [0.29, 0.717) is 6.54 Å². The lowest BCUT2D eigenvalue weighted by atomic mass is 10.1. The van der Waals surface area contributed by atoms with Crippen LogP contribution in [0.5, 0.6) is 0 Å². The minimum Gasteiger partial charge on any atom is -0.354 e. The second-order valence-electron chi connectivity index (χ2n) is 6.29. The number of aromatic nitrogens is 2. The number of amides is 2. The van der Waals surface area contributed by atoms with Gasteiger partial charge in [-0.1, -0.05) is 24.8 Å². The van der Waals surface area contributed by atoms with Gasteiger partial charge in [-0.05, 0) is 50.5 Å². The maximum absolute atomic E-state index is 12.1. The lowest BCUT2D eigenvalue weighted by Gasteiger charge is -2.14. The van der Waals surface area contributed by atoms with E-state index in [1.165, 1.54) is 22.9 Å². The van der Waals surface area contributed by atoms with Crippen LogP contribution in [0.1, 0.15) is 31.4 Å². The number of nitrogens with one attached hydrogen (secondary N) is 2. The summed E-state index contributed by atoms with van der Waals surface area (Å²) in [5, 5.41) is 6.23. The predicted molar refractivity (Wildman–Crippen MR) is 105 cm³/mol. The summed E-state index contributed by atoms with van der Waals surface area (Å²) >= 11 is 1.35. The van der Waals surface area contributed by atoms with Gasteiger partial charge in [-0.2, -0.15) is 0 Å². The molecule has 2 amide bonds. The maximum Gasteiger partial charge on any atom is 0.242 e. The van der Waals surface area contributed by atoms with Crippen molar-refractivity contribution in [1.29, 1.82) is 0 Å². The molecular formula is C19H26N4O2S. The van der Waals surface area contributed by atoms with Crippen LogP contribution in [-0.4, -0.2) is 39.7 Å². The smallest absolute Gasteiger partial charge is 0.242 e. The van der Waals surface area contributed by atoms with Crippen molar-refractivity contribution in [2.45, 2.75) is 45.3 Å². The Balaban J connectivity index is 1.95. The number of hydrogen-bond donors (Lipinski definition) is 2. The van der Waals surface area contributed by atoms with E-state index in [-0.39, 0.29) is 17.6 Å². The van der Waals surface area contributed by atoms with Crippen LogP contribution < -0.4 is 10.6 Å². The summed E-state index contributed by atoms with van der Waals surface area (Å²) in [5.41, 5.74) is 3.37. The van der Waals surface area contributed by atoms with Crippen molar-refractivity contribution < 1.29 is 9.59 Å².